The van der Waals surface area contributed by atoms with Gasteiger partial charge in [0.25, 0.3) is 0 Å². The van der Waals surface area contributed by atoms with Crippen LogP contribution in [0.25, 0.3) is 21.4 Å². The van der Waals surface area contributed by atoms with Gasteiger partial charge in [0.2, 0.25) is 0 Å². The molecule has 0 atom stereocenters. The zero-order chi connectivity index (χ0) is 24.0. The van der Waals surface area contributed by atoms with E-state index >= 15 is 0 Å². The lowest BCUT2D eigenvalue weighted by molar-refractivity contribution is 0.313. The van der Waals surface area contributed by atoms with E-state index in [0.717, 1.165) is 52.3 Å². The number of anilines is 1. The maximum atomic E-state index is 4.60. The first kappa shape index (κ1) is 24.8. The number of aromatic nitrogens is 1. The minimum absolute atomic E-state index is 0.807. The number of thioether (sulfide) groups is 1. The molecule has 2 aromatic carbocycles. The molecular formula is C29H35N3S. The van der Waals surface area contributed by atoms with Gasteiger partial charge in [0.15, 0.2) is 0 Å². The van der Waals surface area contributed by atoms with Gasteiger partial charge in [-0.15, -0.1) is 0 Å². The fourth-order valence-corrected chi connectivity index (χ4v) is 4.68. The molecule has 0 spiro atoms. The van der Waals surface area contributed by atoms with Crippen LogP contribution in [0.4, 0.5) is 5.82 Å². The Labute approximate surface area is 203 Å². The predicted octanol–water partition coefficient (Wildman–Crippen LogP) is 7.96. The van der Waals surface area contributed by atoms with Gasteiger partial charge in [-0.25, -0.2) is 4.98 Å². The van der Waals surface area contributed by atoms with Crippen molar-refractivity contribution in [3.05, 3.63) is 95.1 Å². The Morgan fingerprint density at radius 1 is 1.03 bits per heavy atom. The standard InChI is InChI=1S/C27H29N3S.C2H6/c1-6-26(31-18(2)3)22-8-9-23-16-28-27(15-25(23)14-22)29-19(4)20-7-10-24-17-30(5)12-11-21(24)13-20;1-2/h6-10,13-16H,2,4,11-12,17H2,1,3,5H3,(H,28,29);1-2H3/b26-6+;. The Balaban J connectivity index is 0.00000149. The summed E-state index contributed by atoms with van der Waals surface area (Å²) in [5, 5.41) is 5.68. The third kappa shape index (κ3) is 6.16. The topological polar surface area (TPSA) is 28.2 Å². The zero-order valence-electron chi connectivity index (χ0n) is 20.5. The van der Waals surface area contributed by atoms with Crippen molar-refractivity contribution in [2.24, 2.45) is 0 Å². The molecule has 1 aromatic heterocycles. The number of rotatable bonds is 6. The van der Waals surface area contributed by atoms with E-state index < -0.39 is 0 Å². The van der Waals surface area contributed by atoms with Crippen LogP contribution in [-0.4, -0.2) is 23.5 Å². The maximum absolute atomic E-state index is 4.60. The summed E-state index contributed by atoms with van der Waals surface area (Å²) in [6, 6.07) is 15.2. The smallest absolute Gasteiger partial charge is 0.130 e. The number of benzene rings is 2. The van der Waals surface area contributed by atoms with Gasteiger partial charge in [0.1, 0.15) is 5.82 Å². The normalized spacial score (nSPS) is 13.7. The molecule has 0 fully saturated rings. The van der Waals surface area contributed by atoms with Gasteiger partial charge in [-0.05, 0) is 78.1 Å². The summed E-state index contributed by atoms with van der Waals surface area (Å²) in [5.41, 5.74) is 6.01. The Bertz CT molecular complexity index is 1190. The summed E-state index contributed by atoms with van der Waals surface area (Å²) in [4.78, 5) is 9.25. The number of allylic oxidation sites excluding steroid dienone is 2. The highest BCUT2D eigenvalue weighted by Gasteiger charge is 2.14. The van der Waals surface area contributed by atoms with Crippen molar-refractivity contribution in [3.8, 4) is 0 Å². The third-order valence-corrected chi connectivity index (χ3v) is 6.63. The largest absolute Gasteiger partial charge is 0.340 e. The summed E-state index contributed by atoms with van der Waals surface area (Å²) in [5.74, 6) is 0.807. The monoisotopic (exact) mass is 457 g/mol. The molecule has 3 nitrogen and oxygen atoms in total. The molecule has 0 aliphatic carbocycles. The highest BCUT2D eigenvalue weighted by molar-refractivity contribution is 8.11. The average molecular weight is 458 g/mol. The molecule has 1 aliphatic heterocycles. The lowest BCUT2D eigenvalue weighted by atomic mass is 9.97. The first-order chi connectivity index (χ1) is 15.9. The van der Waals surface area contributed by atoms with Gasteiger partial charge in [0, 0.05) is 35.3 Å². The SMILES string of the molecule is C=C(C)S/C(=C/C)c1ccc2cnc(NC(=C)c3ccc4c(c3)CCN(C)C4)cc2c1.CC. The number of likely N-dealkylation sites (N-methyl/N-ethyl adjacent to an activating group) is 1. The lowest BCUT2D eigenvalue weighted by Gasteiger charge is -2.25. The summed E-state index contributed by atoms with van der Waals surface area (Å²) in [7, 11) is 2.17. The van der Waals surface area contributed by atoms with Crippen molar-refractivity contribution < 1.29 is 0 Å². The first-order valence-corrected chi connectivity index (χ1v) is 12.4. The molecule has 0 amide bonds. The fraction of sp³-hybridized carbons (Fsp3) is 0.276. The molecule has 3 aromatic rings. The molecule has 0 saturated heterocycles. The average Bonchev–Trinajstić information content (AvgIpc) is 2.82. The molecule has 172 valence electrons. The Morgan fingerprint density at radius 3 is 2.52 bits per heavy atom. The van der Waals surface area contributed by atoms with E-state index in [1.165, 1.54) is 21.6 Å². The number of pyridine rings is 1. The highest BCUT2D eigenvalue weighted by Crippen LogP contribution is 2.34. The van der Waals surface area contributed by atoms with Gasteiger partial charge in [-0.2, -0.15) is 0 Å². The van der Waals surface area contributed by atoms with E-state index in [1.807, 2.05) is 27.0 Å². The summed E-state index contributed by atoms with van der Waals surface area (Å²) >= 11 is 1.70. The molecule has 4 heteroatoms. The zero-order valence-corrected chi connectivity index (χ0v) is 21.4. The van der Waals surface area contributed by atoms with Crippen molar-refractivity contribution in [1.82, 2.24) is 9.88 Å². The van der Waals surface area contributed by atoms with Gasteiger partial charge < -0.3 is 10.2 Å². The van der Waals surface area contributed by atoms with Crippen LogP contribution in [0.3, 0.4) is 0 Å². The molecule has 2 heterocycles. The van der Waals surface area contributed by atoms with E-state index in [0.29, 0.717) is 0 Å². The second-order valence-electron chi connectivity index (χ2n) is 8.16. The molecule has 0 unspecified atom stereocenters. The quantitative estimate of drug-likeness (QED) is 0.406. The van der Waals surface area contributed by atoms with Crippen LogP contribution >= 0.6 is 11.8 Å². The van der Waals surface area contributed by atoms with E-state index in [-0.39, 0.29) is 0 Å². The summed E-state index contributed by atoms with van der Waals surface area (Å²) in [6.45, 7) is 18.5. The lowest BCUT2D eigenvalue weighted by Crippen LogP contribution is -2.26. The fourth-order valence-electron chi connectivity index (χ4n) is 3.94. The molecule has 1 aliphatic rings. The van der Waals surface area contributed by atoms with Crippen LogP contribution in [-0.2, 0) is 13.0 Å². The van der Waals surface area contributed by atoms with E-state index in [4.69, 9.17) is 0 Å². The number of hydrogen-bond donors (Lipinski definition) is 1. The van der Waals surface area contributed by atoms with Crippen LogP contribution in [0.1, 0.15) is 49.9 Å². The van der Waals surface area contributed by atoms with Crippen molar-refractivity contribution in [1.29, 1.82) is 0 Å². The van der Waals surface area contributed by atoms with Crippen molar-refractivity contribution in [2.45, 2.75) is 40.7 Å². The van der Waals surface area contributed by atoms with Crippen LogP contribution in [0.2, 0.25) is 0 Å². The minimum atomic E-state index is 0.807. The minimum Gasteiger partial charge on any atom is -0.340 e. The number of fused-ring (bicyclic) bond motifs is 2. The molecule has 0 bridgehead atoms. The molecule has 0 radical (unpaired) electrons. The number of nitrogens with zero attached hydrogens (tertiary/aromatic N) is 2. The van der Waals surface area contributed by atoms with Crippen LogP contribution in [0.5, 0.6) is 0 Å². The van der Waals surface area contributed by atoms with Gasteiger partial charge in [-0.1, -0.05) is 69.1 Å². The van der Waals surface area contributed by atoms with Gasteiger partial charge in [0.05, 0.1) is 0 Å². The molecule has 4 rings (SSSR count). The second-order valence-corrected chi connectivity index (χ2v) is 9.50. The molecule has 1 N–H and O–H groups in total. The molecular weight excluding hydrogens is 422 g/mol. The van der Waals surface area contributed by atoms with E-state index in [1.54, 1.807) is 11.8 Å². The van der Waals surface area contributed by atoms with Crippen molar-refractivity contribution >= 4 is 39.0 Å². The van der Waals surface area contributed by atoms with Crippen LogP contribution < -0.4 is 5.32 Å². The Morgan fingerprint density at radius 2 is 1.79 bits per heavy atom. The summed E-state index contributed by atoms with van der Waals surface area (Å²) < 4.78 is 0. The third-order valence-electron chi connectivity index (χ3n) is 5.59. The molecule has 33 heavy (non-hydrogen) atoms. The number of hydrogen-bond acceptors (Lipinski definition) is 4. The second kappa shape index (κ2) is 11.4. The maximum Gasteiger partial charge on any atom is 0.130 e. The number of nitrogens with one attached hydrogen (secondary N) is 1. The molecule has 0 saturated carbocycles. The van der Waals surface area contributed by atoms with E-state index in [9.17, 15) is 0 Å². The van der Waals surface area contributed by atoms with Crippen molar-refractivity contribution in [2.75, 3.05) is 18.9 Å². The highest BCUT2D eigenvalue weighted by atomic mass is 32.2. The van der Waals surface area contributed by atoms with Gasteiger partial charge in [-0.3, -0.25) is 0 Å². The van der Waals surface area contributed by atoms with Crippen LogP contribution in [0, 0.1) is 0 Å². The summed E-state index contributed by atoms with van der Waals surface area (Å²) in [6.07, 6.45) is 5.13. The first-order valence-electron chi connectivity index (χ1n) is 11.6. The Hall–Kier alpha value is -2.82. The van der Waals surface area contributed by atoms with Crippen molar-refractivity contribution in [3.63, 3.8) is 0 Å². The van der Waals surface area contributed by atoms with Gasteiger partial charge >= 0.3 is 0 Å². The Kier molecular flexibility index (Phi) is 8.54. The predicted molar refractivity (Wildman–Crippen MR) is 148 cm³/mol. The van der Waals surface area contributed by atoms with E-state index in [2.05, 4.69) is 90.9 Å². The van der Waals surface area contributed by atoms with Crippen LogP contribution in [0.15, 0.2) is 72.8 Å².